The Hall–Kier alpha value is -2.54. The summed E-state index contributed by atoms with van der Waals surface area (Å²) in [5, 5.41) is 14.7. The Morgan fingerprint density at radius 1 is 1.41 bits per heavy atom. The number of aromatic amines is 2. The lowest BCUT2D eigenvalue weighted by molar-refractivity contribution is -0.118. The highest BCUT2D eigenvalue weighted by Gasteiger charge is 2.24. The summed E-state index contributed by atoms with van der Waals surface area (Å²) < 4.78 is 5.16. The lowest BCUT2D eigenvalue weighted by atomic mass is 9.87. The molecule has 0 saturated heterocycles. The van der Waals surface area contributed by atoms with Gasteiger partial charge in [0.25, 0.3) is 5.56 Å². The van der Waals surface area contributed by atoms with Crippen molar-refractivity contribution in [3.8, 4) is 5.75 Å². The summed E-state index contributed by atoms with van der Waals surface area (Å²) in [6, 6.07) is 5.18. The maximum absolute atomic E-state index is 12.0. The van der Waals surface area contributed by atoms with E-state index >= 15 is 0 Å². The molecule has 0 radical (unpaired) electrons. The van der Waals surface area contributed by atoms with Gasteiger partial charge in [0.1, 0.15) is 5.75 Å². The first-order valence-corrected chi connectivity index (χ1v) is 6.81. The van der Waals surface area contributed by atoms with E-state index in [-0.39, 0.29) is 18.6 Å². The number of aliphatic hydroxyl groups excluding tert-OH is 1. The van der Waals surface area contributed by atoms with E-state index in [1.54, 1.807) is 25.1 Å². The average Bonchev–Trinajstić information content (AvgIpc) is 2.83. The fourth-order valence-electron chi connectivity index (χ4n) is 2.60. The average molecular weight is 305 g/mol. The number of methoxy groups -OCH3 is 1. The molecule has 1 heterocycles. The van der Waals surface area contributed by atoms with Gasteiger partial charge in [-0.05, 0) is 24.6 Å². The Kier molecular flexibility index (Phi) is 4.67. The van der Waals surface area contributed by atoms with Crippen molar-refractivity contribution in [3.05, 3.63) is 50.9 Å². The van der Waals surface area contributed by atoms with Crippen LogP contribution in [0.3, 0.4) is 0 Å². The summed E-state index contributed by atoms with van der Waals surface area (Å²) in [6.07, 6.45) is -0.00102. The Labute approximate surface area is 127 Å². The number of hydrogen-bond donors (Lipinski definition) is 4. The van der Waals surface area contributed by atoms with Crippen molar-refractivity contribution in [2.24, 2.45) is 5.73 Å². The highest BCUT2D eigenvalue weighted by Crippen LogP contribution is 2.31. The van der Waals surface area contributed by atoms with Crippen LogP contribution < -0.4 is 16.0 Å². The summed E-state index contributed by atoms with van der Waals surface area (Å²) in [5.41, 5.74) is 7.46. The number of benzene rings is 1. The molecule has 2 aromatic rings. The molecule has 1 atom stereocenters. The summed E-state index contributed by atoms with van der Waals surface area (Å²) >= 11 is 0. The van der Waals surface area contributed by atoms with E-state index in [0.29, 0.717) is 22.6 Å². The van der Waals surface area contributed by atoms with Gasteiger partial charge < -0.3 is 20.7 Å². The summed E-state index contributed by atoms with van der Waals surface area (Å²) in [5.74, 6) is -0.446. The molecule has 5 N–H and O–H groups in total. The highest BCUT2D eigenvalue weighted by molar-refractivity contribution is 5.75. The number of aromatic nitrogens is 2. The number of nitrogens with two attached hydrogens (primary N) is 1. The number of aryl methyl sites for hydroxylation is 1. The summed E-state index contributed by atoms with van der Waals surface area (Å²) in [7, 11) is 1.51. The Morgan fingerprint density at radius 2 is 2.14 bits per heavy atom. The van der Waals surface area contributed by atoms with E-state index in [9.17, 15) is 14.7 Å². The number of primary amides is 1. The van der Waals surface area contributed by atoms with Gasteiger partial charge in [-0.2, -0.15) is 0 Å². The van der Waals surface area contributed by atoms with Gasteiger partial charge in [0.05, 0.1) is 13.7 Å². The quantitative estimate of drug-likeness (QED) is 0.621. The second-order valence-electron chi connectivity index (χ2n) is 5.07. The molecule has 0 fully saturated rings. The first kappa shape index (κ1) is 15.8. The molecule has 0 bridgehead atoms. The predicted octanol–water partition coefficient (Wildman–Crippen LogP) is 0.520. The number of ether oxygens (including phenoxy) is 1. The Morgan fingerprint density at radius 3 is 2.64 bits per heavy atom. The molecule has 22 heavy (non-hydrogen) atoms. The van der Waals surface area contributed by atoms with Gasteiger partial charge in [-0.25, -0.2) is 0 Å². The molecule has 7 nitrogen and oxygen atoms in total. The fourth-order valence-corrected chi connectivity index (χ4v) is 2.60. The molecule has 2 rings (SSSR count). The Bertz CT molecular complexity index is 733. The number of rotatable bonds is 6. The minimum absolute atomic E-state index is 0.00102. The molecule has 0 spiro atoms. The van der Waals surface area contributed by atoms with Crippen LogP contribution in [0.25, 0.3) is 0 Å². The molecular weight excluding hydrogens is 286 g/mol. The van der Waals surface area contributed by atoms with Crippen molar-refractivity contribution in [2.45, 2.75) is 25.9 Å². The fraction of sp³-hybridized carbons (Fsp3) is 0.333. The van der Waals surface area contributed by atoms with Crippen LogP contribution in [0.1, 0.15) is 34.7 Å². The first-order chi connectivity index (χ1) is 10.5. The lowest BCUT2D eigenvalue weighted by Gasteiger charge is -2.17. The van der Waals surface area contributed by atoms with Gasteiger partial charge in [-0.3, -0.25) is 14.7 Å². The monoisotopic (exact) mass is 305 g/mol. The summed E-state index contributed by atoms with van der Waals surface area (Å²) in [6.45, 7) is 1.54. The SMILES string of the molecule is COc1ccc([C@@H](CC(N)=O)c2c(C)[nH][nH]c2=O)cc1CO. The van der Waals surface area contributed by atoms with Crippen LogP contribution in [-0.4, -0.2) is 28.3 Å². The zero-order valence-electron chi connectivity index (χ0n) is 12.5. The first-order valence-electron chi connectivity index (χ1n) is 6.81. The van der Waals surface area contributed by atoms with E-state index < -0.39 is 11.8 Å². The van der Waals surface area contributed by atoms with Crippen molar-refractivity contribution in [1.29, 1.82) is 0 Å². The molecule has 7 heteroatoms. The van der Waals surface area contributed by atoms with E-state index in [1.807, 2.05) is 0 Å². The van der Waals surface area contributed by atoms with E-state index in [1.165, 1.54) is 7.11 Å². The molecule has 1 aromatic carbocycles. The number of nitrogens with one attached hydrogen (secondary N) is 2. The molecule has 1 aromatic heterocycles. The predicted molar refractivity (Wildman–Crippen MR) is 80.7 cm³/mol. The molecule has 0 unspecified atom stereocenters. The van der Waals surface area contributed by atoms with Crippen LogP contribution in [0.15, 0.2) is 23.0 Å². The largest absolute Gasteiger partial charge is 0.496 e. The van der Waals surface area contributed by atoms with Gasteiger partial charge in [0.2, 0.25) is 5.91 Å². The van der Waals surface area contributed by atoms with Gasteiger partial charge in [-0.15, -0.1) is 0 Å². The molecule has 118 valence electrons. The third-order valence-corrected chi connectivity index (χ3v) is 3.64. The van der Waals surface area contributed by atoms with Crippen LogP contribution in [0, 0.1) is 6.92 Å². The topological polar surface area (TPSA) is 121 Å². The molecular formula is C15H19N3O4. The third kappa shape index (κ3) is 3.04. The minimum atomic E-state index is -0.508. The lowest BCUT2D eigenvalue weighted by Crippen LogP contribution is -2.20. The van der Waals surface area contributed by atoms with Crippen LogP contribution in [-0.2, 0) is 11.4 Å². The van der Waals surface area contributed by atoms with Crippen LogP contribution in [0.5, 0.6) is 5.75 Å². The maximum atomic E-state index is 12.0. The molecule has 1 amide bonds. The van der Waals surface area contributed by atoms with Gasteiger partial charge in [0, 0.05) is 29.2 Å². The smallest absolute Gasteiger partial charge is 0.267 e. The van der Waals surface area contributed by atoms with Crippen LogP contribution in [0.4, 0.5) is 0 Å². The zero-order chi connectivity index (χ0) is 16.3. The van der Waals surface area contributed by atoms with E-state index in [0.717, 1.165) is 5.56 Å². The molecule has 0 saturated carbocycles. The molecule has 0 aliphatic rings. The second kappa shape index (κ2) is 6.48. The minimum Gasteiger partial charge on any atom is -0.496 e. The number of hydrogen-bond acceptors (Lipinski definition) is 4. The van der Waals surface area contributed by atoms with Crippen molar-refractivity contribution < 1.29 is 14.6 Å². The number of H-pyrrole nitrogens is 2. The molecule has 0 aliphatic heterocycles. The van der Waals surface area contributed by atoms with Gasteiger partial charge >= 0.3 is 0 Å². The van der Waals surface area contributed by atoms with Crippen LogP contribution >= 0.6 is 0 Å². The summed E-state index contributed by atoms with van der Waals surface area (Å²) in [4.78, 5) is 23.4. The second-order valence-corrected chi connectivity index (χ2v) is 5.07. The third-order valence-electron chi connectivity index (χ3n) is 3.64. The van der Waals surface area contributed by atoms with Gasteiger partial charge in [-0.1, -0.05) is 6.07 Å². The maximum Gasteiger partial charge on any atom is 0.267 e. The highest BCUT2D eigenvalue weighted by atomic mass is 16.5. The molecule has 0 aliphatic carbocycles. The van der Waals surface area contributed by atoms with Crippen LogP contribution in [0.2, 0.25) is 0 Å². The number of amides is 1. The van der Waals surface area contributed by atoms with Crippen molar-refractivity contribution in [1.82, 2.24) is 10.2 Å². The van der Waals surface area contributed by atoms with Crippen molar-refractivity contribution in [3.63, 3.8) is 0 Å². The van der Waals surface area contributed by atoms with Crippen molar-refractivity contribution >= 4 is 5.91 Å². The normalized spacial score (nSPS) is 12.1. The number of carbonyl (C=O) groups is 1. The number of aliphatic hydroxyl groups is 1. The van der Waals surface area contributed by atoms with E-state index in [2.05, 4.69) is 10.2 Å². The van der Waals surface area contributed by atoms with E-state index in [4.69, 9.17) is 10.5 Å². The van der Waals surface area contributed by atoms with Crippen molar-refractivity contribution in [2.75, 3.05) is 7.11 Å². The Balaban J connectivity index is 2.55. The standard InChI is InChI=1S/C15H19N3O4/c1-8-14(15(21)18-17-8)11(6-13(16)20)9-3-4-12(22-2)10(5-9)7-19/h3-5,11,19H,6-7H2,1-2H3,(H2,16,20)(H2,17,18,21)/t11-/m1/s1. The zero-order valence-corrected chi connectivity index (χ0v) is 12.5. The number of carbonyl (C=O) groups excluding carboxylic acids is 1. The van der Waals surface area contributed by atoms with Gasteiger partial charge in [0.15, 0.2) is 0 Å².